The normalized spacial score (nSPS) is 19.3. The molecule has 10 heteroatoms. The summed E-state index contributed by atoms with van der Waals surface area (Å²) in [6.07, 6.45) is 3.15. The molecule has 1 fully saturated rings. The number of hydrogen-bond acceptors (Lipinski definition) is 6. The number of nitrogens with one attached hydrogen (secondary N) is 4. The second kappa shape index (κ2) is 7.00. The number of fused-ring (bicyclic) bond motifs is 1. The van der Waals surface area contributed by atoms with Crippen molar-refractivity contribution in [3.63, 3.8) is 0 Å². The summed E-state index contributed by atoms with van der Waals surface area (Å²) in [7, 11) is 0. The van der Waals surface area contributed by atoms with E-state index in [0.29, 0.717) is 29.0 Å². The molecule has 4 N–H and O–H groups in total. The second-order valence-electron chi connectivity index (χ2n) is 7.09. The molecule has 0 saturated heterocycles. The van der Waals surface area contributed by atoms with Crippen LogP contribution in [0.25, 0.3) is 11.0 Å². The van der Waals surface area contributed by atoms with Crippen LogP contribution in [0.4, 0.5) is 22.0 Å². The number of rotatable bonds is 6. The molecule has 3 atom stereocenters. The Hall–Kier alpha value is -3.20. The van der Waals surface area contributed by atoms with E-state index >= 15 is 0 Å². The summed E-state index contributed by atoms with van der Waals surface area (Å²) in [6, 6.07) is 7.28. The van der Waals surface area contributed by atoms with Crippen molar-refractivity contribution in [2.75, 3.05) is 10.6 Å². The zero-order valence-electron chi connectivity index (χ0n) is 15.4. The Balaban J connectivity index is 1.29. The molecule has 5 rings (SSSR count). The summed E-state index contributed by atoms with van der Waals surface area (Å²) >= 11 is 6.16. The maximum atomic E-state index is 13.2. The van der Waals surface area contributed by atoms with Crippen LogP contribution in [0.2, 0.25) is 5.02 Å². The number of alkyl halides is 1. The molecule has 0 bridgehead atoms. The number of aromatic nitrogens is 6. The molecule has 0 aromatic carbocycles. The van der Waals surface area contributed by atoms with Crippen molar-refractivity contribution >= 4 is 40.2 Å². The molecule has 4 heterocycles. The molecular weight excluding hydrogens is 395 g/mol. The van der Waals surface area contributed by atoms with E-state index in [2.05, 4.69) is 40.8 Å². The molecule has 1 saturated carbocycles. The summed E-state index contributed by atoms with van der Waals surface area (Å²) in [5, 5.41) is 14.0. The molecule has 4 aromatic rings. The van der Waals surface area contributed by atoms with Crippen LogP contribution in [0.5, 0.6) is 0 Å². The van der Waals surface area contributed by atoms with E-state index in [-0.39, 0.29) is 12.0 Å². The number of anilines is 3. The van der Waals surface area contributed by atoms with Gasteiger partial charge in [0.05, 0.1) is 22.3 Å². The zero-order chi connectivity index (χ0) is 20.0. The Morgan fingerprint density at radius 2 is 2.10 bits per heavy atom. The quantitative estimate of drug-likeness (QED) is 0.372. The number of hydrogen-bond donors (Lipinski definition) is 4. The van der Waals surface area contributed by atoms with Gasteiger partial charge in [-0.25, -0.2) is 14.4 Å². The van der Waals surface area contributed by atoms with Gasteiger partial charge in [0.15, 0.2) is 5.82 Å². The van der Waals surface area contributed by atoms with Gasteiger partial charge in [0.2, 0.25) is 5.95 Å². The van der Waals surface area contributed by atoms with Gasteiger partial charge in [0.25, 0.3) is 0 Å². The lowest BCUT2D eigenvalue weighted by Crippen LogP contribution is -2.11. The first-order valence-corrected chi connectivity index (χ1v) is 9.64. The van der Waals surface area contributed by atoms with E-state index < -0.39 is 6.17 Å². The maximum Gasteiger partial charge on any atom is 0.225 e. The monoisotopic (exact) mass is 412 g/mol. The number of H-pyrrole nitrogens is 2. The molecule has 0 aliphatic heterocycles. The van der Waals surface area contributed by atoms with Crippen LogP contribution in [0.1, 0.15) is 36.7 Å². The van der Waals surface area contributed by atoms with Gasteiger partial charge < -0.3 is 15.6 Å². The van der Waals surface area contributed by atoms with Gasteiger partial charge in [-0.3, -0.25) is 5.10 Å². The lowest BCUT2D eigenvalue weighted by atomic mass is 10.2. The highest BCUT2D eigenvalue weighted by Gasteiger charge is 2.40. The van der Waals surface area contributed by atoms with Crippen molar-refractivity contribution in [2.24, 2.45) is 0 Å². The van der Waals surface area contributed by atoms with Crippen LogP contribution >= 0.6 is 11.6 Å². The van der Waals surface area contributed by atoms with Gasteiger partial charge in [0.1, 0.15) is 17.5 Å². The summed E-state index contributed by atoms with van der Waals surface area (Å²) in [5.74, 6) is 1.55. The van der Waals surface area contributed by atoms with Gasteiger partial charge in [-0.15, -0.1) is 0 Å². The highest BCUT2D eigenvalue weighted by Crippen LogP contribution is 2.43. The fraction of sp³-hybridized carbons (Fsp3) is 0.263. The largest absolute Gasteiger partial charge is 0.358 e. The highest BCUT2D eigenvalue weighted by atomic mass is 35.5. The van der Waals surface area contributed by atoms with Crippen molar-refractivity contribution in [3.8, 4) is 0 Å². The van der Waals surface area contributed by atoms with E-state index in [0.717, 1.165) is 22.4 Å². The second-order valence-corrected chi connectivity index (χ2v) is 7.50. The van der Waals surface area contributed by atoms with Crippen molar-refractivity contribution in [2.45, 2.75) is 31.5 Å². The first kappa shape index (κ1) is 17.9. The SMILES string of the molecule is C[C@H](Nc1nccc(Nc2cc([C@H]3C[C@@H]3F)[nH]n2)n1)c1ccc2[nH]cc(Cl)c2n1. The Bertz CT molecular complexity index is 1170. The summed E-state index contributed by atoms with van der Waals surface area (Å²) in [5.41, 5.74) is 3.24. The predicted molar refractivity (Wildman–Crippen MR) is 109 cm³/mol. The lowest BCUT2D eigenvalue weighted by molar-refractivity contribution is 0.466. The molecule has 29 heavy (non-hydrogen) atoms. The fourth-order valence-corrected chi connectivity index (χ4v) is 3.40. The Morgan fingerprint density at radius 3 is 2.93 bits per heavy atom. The van der Waals surface area contributed by atoms with Crippen LogP contribution in [0, 0.1) is 0 Å². The molecule has 4 aromatic heterocycles. The fourth-order valence-electron chi connectivity index (χ4n) is 3.20. The average molecular weight is 413 g/mol. The third-order valence-electron chi connectivity index (χ3n) is 4.91. The van der Waals surface area contributed by atoms with Crippen LogP contribution in [0.3, 0.4) is 0 Å². The first-order valence-electron chi connectivity index (χ1n) is 9.26. The zero-order valence-corrected chi connectivity index (χ0v) is 16.2. The van der Waals surface area contributed by atoms with Gasteiger partial charge >= 0.3 is 0 Å². The van der Waals surface area contributed by atoms with E-state index in [4.69, 9.17) is 11.6 Å². The van der Waals surface area contributed by atoms with E-state index in [1.807, 2.05) is 25.1 Å². The summed E-state index contributed by atoms with van der Waals surface area (Å²) in [4.78, 5) is 16.4. The van der Waals surface area contributed by atoms with Gasteiger partial charge in [0, 0.05) is 30.1 Å². The maximum absolute atomic E-state index is 13.2. The predicted octanol–water partition coefficient (Wildman–Crippen LogP) is 4.47. The summed E-state index contributed by atoms with van der Waals surface area (Å²) in [6.45, 7) is 1.97. The Morgan fingerprint density at radius 1 is 1.24 bits per heavy atom. The van der Waals surface area contributed by atoms with Crippen molar-refractivity contribution in [1.82, 2.24) is 30.1 Å². The average Bonchev–Trinajstić information content (AvgIpc) is 3.10. The first-order chi connectivity index (χ1) is 14.1. The van der Waals surface area contributed by atoms with Crippen LogP contribution in [-0.4, -0.2) is 36.3 Å². The smallest absolute Gasteiger partial charge is 0.225 e. The molecule has 1 aliphatic rings. The van der Waals surface area contributed by atoms with Gasteiger partial charge in [-0.2, -0.15) is 10.1 Å². The lowest BCUT2D eigenvalue weighted by Gasteiger charge is -2.14. The van der Waals surface area contributed by atoms with Crippen molar-refractivity contribution < 1.29 is 4.39 Å². The van der Waals surface area contributed by atoms with Crippen LogP contribution in [-0.2, 0) is 0 Å². The Labute approximate surface area is 170 Å². The summed E-state index contributed by atoms with van der Waals surface area (Å²) < 4.78 is 13.2. The Kier molecular flexibility index (Phi) is 4.31. The van der Waals surface area contributed by atoms with Crippen molar-refractivity contribution in [1.29, 1.82) is 0 Å². The molecule has 148 valence electrons. The third-order valence-corrected chi connectivity index (χ3v) is 5.20. The minimum Gasteiger partial charge on any atom is -0.358 e. The number of aromatic amines is 2. The molecule has 0 unspecified atom stereocenters. The molecule has 0 spiro atoms. The number of nitrogens with zero attached hydrogens (tertiary/aromatic N) is 4. The highest BCUT2D eigenvalue weighted by molar-refractivity contribution is 6.35. The molecule has 0 radical (unpaired) electrons. The molecular formula is C19H18ClFN8. The van der Waals surface area contributed by atoms with Gasteiger partial charge in [-0.05, 0) is 31.5 Å². The van der Waals surface area contributed by atoms with Crippen molar-refractivity contribution in [3.05, 3.63) is 53.1 Å². The van der Waals surface area contributed by atoms with E-state index in [1.54, 1.807) is 18.5 Å². The molecule has 1 aliphatic carbocycles. The van der Waals surface area contributed by atoms with E-state index in [1.165, 1.54) is 0 Å². The van der Waals surface area contributed by atoms with Crippen LogP contribution in [0.15, 0.2) is 36.7 Å². The minimum absolute atomic E-state index is 0.0695. The van der Waals surface area contributed by atoms with E-state index in [9.17, 15) is 4.39 Å². The topological polar surface area (TPSA) is 107 Å². The molecule has 0 amide bonds. The minimum atomic E-state index is -0.770. The number of halogens is 2. The number of pyridine rings is 1. The third kappa shape index (κ3) is 3.61. The standard InChI is InChI=1S/C19H18ClFN8/c1-9(13-2-3-14-18(25-13)11(20)8-23-14)24-19-22-5-4-16(27-19)26-17-7-15(28-29-17)10-6-12(10)21/h2-5,7-10,12,23H,6H2,1H3,(H3,22,24,26,27,28,29)/t9-,10-,12-/m0/s1. The molecule has 8 nitrogen and oxygen atoms in total. The van der Waals surface area contributed by atoms with Gasteiger partial charge in [-0.1, -0.05) is 11.6 Å². The van der Waals surface area contributed by atoms with Crippen LogP contribution < -0.4 is 10.6 Å².